The van der Waals surface area contributed by atoms with Gasteiger partial charge in [0.2, 0.25) is 0 Å². The Bertz CT molecular complexity index is 217. The number of aromatic nitrogens is 3. The van der Waals surface area contributed by atoms with Crippen molar-refractivity contribution in [2.45, 2.75) is 46.1 Å². The van der Waals surface area contributed by atoms with E-state index in [2.05, 4.69) is 17.2 Å². The van der Waals surface area contributed by atoms with Crippen LogP contribution in [0.3, 0.4) is 0 Å². The zero-order valence-corrected chi connectivity index (χ0v) is 7.95. The van der Waals surface area contributed by atoms with E-state index in [1.54, 1.807) is 0 Å². The highest BCUT2D eigenvalue weighted by Gasteiger charge is 1.94. The quantitative estimate of drug-likeness (QED) is 0.629. The molecule has 0 aliphatic rings. The molecule has 3 nitrogen and oxygen atoms in total. The van der Waals surface area contributed by atoms with Gasteiger partial charge in [-0.05, 0) is 13.3 Å². The first kappa shape index (κ1) is 9.23. The minimum absolute atomic E-state index is 1.01. The van der Waals surface area contributed by atoms with Gasteiger partial charge in [0, 0.05) is 12.7 Å². The molecule has 0 spiro atoms. The Labute approximate surface area is 73.8 Å². The van der Waals surface area contributed by atoms with Gasteiger partial charge in [-0.25, -0.2) is 0 Å². The standard InChI is InChI=1S/C9H17N3/c1-3-4-5-6-7-12-8-9(2)10-11-12/h8H,3-7H2,1-2H3. The highest BCUT2D eigenvalue weighted by Crippen LogP contribution is 2.00. The van der Waals surface area contributed by atoms with Crippen LogP contribution in [0.4, 0.5) is 0 Å². The molecule has 0 saturated heterocycles. The predicted molar refractivity (Wildman–Crippen MR) is 48.9 cm³/mol. The molecule has 0 amide bonds. The number of nitrogens with zero attached hydrogens (tertiary/aromatic N) is 3. The molecule has 0 fully saturated rings. The smallest absolute Gasteiger partial charge is 0.0796 e. The van der Waals surface area contributed by atoms with Crippen molar-refractivity contribution in [3.63, 3.8) is 0 Å². The molecular weight excluding hydrogens is 150 g/mol. The summed E-state index contributed by atoms with van der Waals surface area (Å²) in [4.78, 5) is 0. The van der Waals surface area contributed by atoms with E-state index >= 15 is 0 Å². The first-order chi connectivity index (χ1) is 5.83. The minimum atomic E-state index is 1.01. The van der Waals surface area contributed by atoms with Crippen molar-refractivity contribution in [2.24, 2.45) is 0 Å². The summed E-state index contributed by atoms with van der Waals surface area (Å²) in [5, 5.41) is 7.91. The Balaban J connectivity index is 2.15. The zero-order valence-electron chi connectivity index (χ0n) is 7.95. The van der Waals surface area contributed by atoms with Gasteiger partial charge in [-0.3, -0.25) is 4.68 Å². The first-order valence-electron chi connectivity index (χ1n) is 4.69. The zero-order chi connectivity index (χ0) is 8.81. The van der Waals surface area contributed by atoms with Gasteiger partial charge in [0.25, 0.3) is 0 Å². The Hall–Kier alpha value is -0.860. The topological polar surface area (TPSA) is 30.7 Å². The fraction of sp³-hybridized carbons (Fsp3) is 0.778. The Morgan fingerprint density at radius 3 is 2.75 bits per heavy atom. The number of unbranched alkanes of at least 4 members (excludes halogenated alkanes) is 3. The molecule has 1 aromatic rings. The molecule has 12 heavy (non-hydrogen) atoms. The monoisotopic (exact) mass is 167 g/mol. The van der Waals surface area contributed by atoms with Crippen molar-refractivity contribution < 1.29 is 0 Å². The van der Waals surface area contributed by atoms with Crippen LogP contribution in [0.5, 0.6) is 0 Å². The molecule has 3 heteroatoms. The Kier molecular flexibility index (Phi) is 3.77. The molecule has 68 valence electrons. The third-order valence-electron chi connectivity index (χ3n) is 1.89. The van der Waals surface area contributed by atoms with Gasteiger partial charge in [-0.2, -0.15) is 0 Å². The summed E-state index contributed by atoms with van der Waals surface area (Å²) in [6.45, 7) is 5.20. The maximum absolute atomic E-state index is 3.98. The van der Waals surface area contributed by atoms with Gasteiger partial charge in [0.05, 0.1) is 5.69 Å². The van der Waals surface area contributed by atoms with Gasteiger partial charge in [-0.1, -0.05) is 31.4 Å². The lowest BCUT2D eigenvalue weighted by molar-refractivity contribution is 0.527. The molecule has 0 saturated carbocycles. The number of hydrogen-bond acceptors (Lipinski definition) is 2. The van der Waals surface area contributed by atoms with Crippen LogP contribution in [0.1, 0.15) is 38.3 Å². The third-order valence-corrected chi connectivity index (χ3v) is 1.89. The van der Waals surface area contributed by atoms with Crippen LogP contribution in [-0.2, 0) is 6.54 Å². The average Bonchev–Trinajstić information content (AvgIpc) is 2.45. The molecule has 1 heterocycles. The molecule has 0 radical (unpaired) electrons. The molecule has 0 N–H and O–H groups in total. The highest BCUT2D eigenvalue weighted by atomic mass is 15.4. The summed E-state index contributed by atoms with van der Waals surface area (Å²) in [7, 11) is 0. The summed E-state index contributed by atoms with van der Waals surface area (Å²) in [5.41, 5.74) is 1.01. The highest BCUT2D eigenvalue weighted by molar-refractivity contribution is 4.86. The van der Waals surface area contributed by atoms with Crippen LogP contribution >= 0.6 is 0 Å². The molecular formula is C9H17N3. The van der Waals surface area contributed by atoms with Gasteiger partial charge < -0.3 is 0 Å². The predicted octanol–water partition coefficient (Wildman–Crippen LogP) is 2.17. The summed E-state index contributed by atoms with van der Waals surface area (Å²) < 4.78 is 1.92. The normalized spacial score (nSPS) is 10.5. The lowest BCUT2D eigenvalue weighted by Gasteiger charge is -1.98. The van der Waals surface area contributed by atoms with Crippen molar-refractivity contribution in [3.05, 3.63) is 11.9 Å². The summed E-state index contributed by atoms with van der Waals surface area (Å²) >= 11 is 0. The average molecular weight is 167 g/mol. The minimum Gasteiger partial charge on any atom is -0.252 e. The largest absolute Gasteiger partial charge is 0.252 e. The van der Waals surface area contributed by atoms with Crippen molar-refractivity contribution in [1.29, 1.82) is 0 Å². The van der Waals surface area contributed by atoms with E-state index < -0.39 is 0 Å². The van der Waals surface area contributed by atoms with Crippen molar-refractivity contribution in [3.8, 4) is 0 Å². The van der Waals surface area contributed by atoms with Crippen molar-refractivity contribution in [2.75, 3.05) is 0 Å². The first-order valence-corrected chi connectivity index (χ1v) is 4.69. The lowest BCUT2D eigenvalue weighted by Crippen LogP contribution is -1.98. The van der Waals surface area contributed by atoms with E-state index in [4.69, 9.17) is 0 Å². The maximum Gasteiger partial charge on any atom is 0.0796 e. The molecule has 0 aromatic carbocycles. The van der Waals surface area contributed by atoms with Crippen LogP contribution in [0, 0.1) is 6.92 Å². The van der Waals surface area contributed by atoms with E-state index in [0.29, 0.717) is 0 Å². The molecule has 0 atom stereocenters. The van der Waals surface area contributed by atoms with Crippen LogP contribution in [0.25, 0.3) is 0 Å². The fourth-order valence-electron chi connectivity index (χ4n) is 1.21. The third kappa shape index (κ3) is 3.03. The molecule has 1 rings (SSSR count). The summed E-state index contributed by atoms with van der Waals surface area (Å²) in [6.07, 6.45) is 7.13. The second-order valence-corrected chi connectivity index (χ2v) is 3.18. The SMILES string of the molecule is CCCCCCn1cc(C)nn1. The van der Waals surface area contributed by atoms with Crippen LogP contribution in [0.15, 0.2) is 6.20 Å². The number of aryl methyl sites for hydroxylation is 2. The molecule has 0 unspecified atom stereocenters. The molecule has 1 aromatic heterocycles. The van der Waals surface area contributed by atoms with E-state index in [1.807, 2.05) is 17.8 Å². The van der Waals surface area contributed by atoms with E-state index in [-0.39, 0.29) is 0 Å². The molecule has 0 bridgehead atoms. The van der Waals surface area contributed by atoms with E-state index in [9.17, 15) is 0 Å². The van der Waals surface area contributed by atoms with Crippen LogP contribution < -0.4 is 0 Å². The van der Waals surface area contributed by atoms with Gasteiger partial charge >= 0.3 is 0 Å². The fourth-order valence-corrected chi connectivity index (χ4v) is 1.21. The van der Waals surface area contributed by atoms with Gasteiger partial charge in [0.1, 0.15) is 0 Å². The van der Waals surface area contributed by atoms with Crippen LogP contribution in [-0.4, -0.2) is 15.0 Å². The van der Waals surface area contributed by atoms with Crippen molar-refractivity contribution in [1.82, 2.24) is 15.0 Å². The number of hydrogen-bond donors (Lipinski definition) is 0. The summed E-state index contributed by atoms with van der Waals surface area (Å²) in [6, 6.07) is 0. The second kappa shape index (κ2) is 4.91. The van der Waals surface area contributed by atoms with Crippen LogP contribution in [0.2, 0.25) is 0 Å². The van der Waals surface area contributed by atoms with E-state index in [1.165, 1.54) is 25.7 Å². The Morgan fingerprint density at radius 1 is 1.33 bits per heavy atom. The summed E-state index contributed by atoms with van der Waals surface area (Å²) in [5.74, 6) is 0. The number of rotatable bonds is 5. The second-order valence-electron chi connectivity index (χ2n) is 3.18. The molecule has 0 aliphatic carbocycles. The van der Waals surface area contributed by atoms with Gasteiger partial charge in [0.15, 0.2) is 0 Å². The van der Waals surface area contributed by atoms with E-state index in [0.717, 1.165) is 12.2 Å². The van der Waals surface area contributed by atoms with Gasteiger partial charge in [-0.15, -0.1) is 5.10 Å². The Morgan fingerprint density at radius 2 is 2.17 bits per heavy atom. The lowest BCUT2D eigenvalue weighted by atomic mass is 10.2. The maximum atomic E-state index is 3.98. The van der Waals surface area contributed by atoms with Crippen molar-refractivity contribution >= 4 is 0 Å². The molecule has 0 aliphatic heterocycles.